The number of nitrogens with zero attached hydrogens (tertiary/aromatic N) is 5. The highest BCUT2D eigenvalue weighted by Crippen LogP contribution is 2.36. The second-order valence-electron chi connectivity index (χ2n) is 10.1. The van der Waals surface area contributed by atoms with Crippen LogP contribution in [0.15, 0.2) is 60.0 Å². The van der Waals surface area contributed by atoms with Crippen molar-refractivity contribution >= 4 is 35.1 Å². The molecule has 0 spiro atoms. The molecule has 2 aliphatic rings. The van der Waals surface area contributed by atoms with E-state index in [2.05, 4.69) is 32.5 Å². The number of nitrogens with one attached hydrogen (secondary N) is 2. The summed E-state index contributed by atoms with van der Waals surface area (Å²) < 4.78 is 15.0. The Balaban J connectivity index is 1.49. The summed E-state index contributed by atoms with van der Waals surface area (Å²) in [5.74, 6) is 1.11. The van der Waals surface area contributed by atoms with Crippen molar-refractivity contribution in [2.45, 2.75) is 52.2 Å². The Bertz CT molecular complexity index is 1420. The average molecular weight is 514 g/mol. The Kier molecular flexibility index (Phi) is 6.93. The van der Waals surface area contributed by atoms with Crippen molar-refractivity contribution in [1.82, 2.24) is 15.0 Å². The maximum atomic E-state index is 15.0. The lowest BCUT2D eigenvalue weighted by Crippen LogP contribution is -2.45. The number of hydrogen-bond acceptors (Lipinski definition) is 6. The minimum atomic E-state index is -1.49. The lowest BCUT2D eigenvalue weighted by molar-refractivity contribution is 0.185. The fourth-order valence-electron chi connectivity index (χ4n) is 4.54. The van der Waals surface area contributed by atoms with Gasteiger partial charge in [-0.2, -0.15) is 0 Å². The van der Waals surface area contributed by atoms with E-state index in [0.717, 1.165) is 17.0 Å². The molecular formula is C29H32FN7O. The van der Waals surface area contributed by atoms with Gasteiger partial charge >= 0.3 is 6.03 Å². The predicted molar refractivity (Wildman–Crippen MR) is 150 cm³/mol. The van der Waals surface area contributed by atoms with Gasteiger partial charge in [0, 0.05) is 60.5 Å². The SMILES string of the molecule is CCC(C)(F)c1cncc(-c2ccc3c(n2)N(C(=O)Nc2cccc(C4=CN=CC4)n2)[C@H](C)[C@H](C)CN3)c1. The van der Waals surface area contributed by atoms with Crippen LogP contribution >= 0.6 is 0 Å². The summed E-state index contributed by atoms with van der Waals surface area (Å²) in [4.78, 5) is 33.4. The van der Waals surface area contributed by atoms with E-state index < -0.39 is 5.67 Å². The Hall–Kier alpha value is -4.14. The van der Waals surface area contributed by atoms with Crippen LogP contribution < -0.4 is 15.5 Å². The van der Waals surface area contributed by atoms with Crippen LogP contribution in [-0.4, -0.2) is 39.8 Å². The number of urea groups is 1. The molecule has 196 valence electrons. The summed E-state index contributed by atoms with van der Waals surface area (Å²) in [6, 6.07) is 10.6. The molecule has 2 aliphatic heterocycles. The minimum absolute atomic E-state index is 0.153. The number of hydrogen-bond donors (Lipinski definition) is 2. The molecule has 0 fully saturated rings. The van der Waals surface area contributed by atoms with E-state index in [1.165, 1.54) is 0 Å². The maximum Gasteiger partial charge on any atom is 0.328 e. The molecule has 0 aromatic carbocycles. The largest absolute Gasteiger partial charge is 0.382 e. The van der Waals surface area contributed by atoms with E-state index in [0.29, 0.717) is 47.8 Å². The number of alkyl halides is 1. The quantitative estimate of drug-likeness (QED) is 0.409. The van der Waals surface area contributed by atoms with Gasteiger partial charge in [0.05, 0.1) is 17.1 Å². The molecule has 0 bridgehead atoms. The number of fused-ring (bicyclic) bond motifs is 1. The summed E-state index contributed by atoms with van der Waals surface area (Å²) in [5, 5.41) is 6.40. The molecule has 0 aliphatic carbocycles. The fraction of sp³-hybridized carbons (Fsp3) is 0.345. The minimum Gasteiger partial charge on any atom is -0.382 e. The number of pyridine rings is 3. The zero-order valence-electron chi connectivity index (χ0n) is 22.1. The van der Waals surface area contributed by atoms with Gasteiger partial charge in [-0.05, 0) is 56.5 Å². The Morgan fingerprint density at radius 1 is 1.18 bits per heavy atom. The fourth-order valence-corrected chi connectivity index (χ4v) is 4.54. The molecule has 2 amide bonds. The van der Waals surface area contributed by atoms with E-state index in [9.17, 15) is 4.79 Å². The van der Waals surface area contributed by atoms with Gasteiger partial charge in [0.2, 0.25) is 0 Å². The van der Waals surface area contributed by atoms with Gasteiger partial charge in [-0.1, -0.05) is 19.9 Å². The summed E-state index contributed by atoms with van der Waals surface area (Å²) in [6.45, 7) is 8.15. The van der Waals surface area contributed by atoms with Crippen LogP contribution in [0.2, 0.25) is 0 Å². The highest BCUT2D eigenvalue weighted by molar-refractivity contribution is 6.03. The van der Waals surface area contributed by atoms with E-state index in [1.54, 1.807) is 49.5 Å². The summed E-state index contributed by atoms with van der Waals surface area (Å²) in [7, 11) is 0. The predicted octanol–water partition coefficient (Wildman–Crippen LogP) is 6.44. The van der Waals surface area contributed by atoms with Gasteiger partial charge in [-0.25, -0.2) is 19.2 Å². The average Bonchev–Trinajstić information content (AvgIpc) is 3.44. The highest BCUT2D eigenvalue weighted by Gasteiger charge is 2.33. The molecule has 0 saturated carbocycles. The van der Waals surface area contributed by atoms with Crippen molar-refractivity contribution in [3.8, 4) is 11.3 Å². The molecule has 5 heterocycles. The van der Waals surface area contributed by atoms with Crippen molar-refractivity contribution in [3.63, 3.8) is 0 Å². The third-order valence-corrected chi connectivity index (χ3v) is 7.43. The van der Waals surface area contributed by atoms with Crippen LogP contribution in [0.4, 0.5) is 26.5 Å². The van der Waals surface area contributed by atoms with E-state index in [4.69, 9.17) is 4.98 Å². The van der Waals surface area contributed by atoms with E-state index >= 15 is 4.39 Å². The van der Waals surface area contributed by atoms with Crippen LogP contribution in [0.3, 0.4) is 0 Å². The Morgan fingerprint density at radius 3 is 2.79 bits per heavy atom. The van der Waals surface area contributed by atoms with Crippen LogP contribution in [0.1, 0.15) is 51.8 Å². The second-order valence-corrected chi connectivity index (χ2v) is 10.1. The van der Waals surface area contributed by atoms with Crippen molar-refractivity contribution < 1.29 is 9.18 Å². The Labute approximate surface area is 222 Å². The summed E-state index contributed by atoms with van der Waals surface area (Å²) in [6.07, 6.45) is 7.89. The van der Waals surface area contributed by atoms with Crippen LogP contribution in [-0.2, 0) is 5.67 Å². The van der Waals surface area contributed by atoms with Crippen LogP contribution in [0.5, 0.6) is 0 Å². The van der Waals surface area contributed by atoms with Gasteiger partial charge in [0.25, 0.3) is 0 Å². The maximum absolute atomic E-state index is 15.0. The van der Waals surface area contributed by atoms with Gasteiger partial charge in [-0.3, -0.25) is 20.2 Å². The molecule has 5 rings (SSSR count). The lowest BCUT2D eigenvalue weighted by Gasteiger charge is -2.30. The van der Waals surface area contributed by atoms with Crippen molar-refractivity contribution in [2.24, 2.45) is 10.9 Å². The molecule has 3 aromatic heterocycles. The third kappa shape index (κ3) is 5.01. The molecule has 1 unspecified atom stereocenters. The molecule has 0 saturated heterocycles. The molecule has 3 aromatic rings. The number of aliphatic imine (C=N–C) groups is 1. The summed E-state index contributed by atoms with van der Waals surface area (Å²) in [5.41, 5.74) is 2.84. The molecule has 2 N–H and O–H groups in total. The number of amides is 2. The molecule has 3 atom stereocenters. The van der Waals surface area contributed by atoms with E-state index in [-0.39, 0.29) is 18.0 Å². The van der Waals surface area contributed by atoms with Crippen molar-refractivity contribution in [1.29, 1.82) is 0 Å². The first-order chi connectivity index (χ1) is 18.3. The zero-order chi connectivity index (χ0) is 26.9. The molecule has 38 heavy (non-hydrogen) atoms. The highest BCUT2D eigenvalue weighted by atomic mass is 19.1. The smallest absolute Gasteiger partial charge is 0.328 e. The second kappa shape index (κ2) is 10.3. The van der Waals surface area contributed by atoms with Gasteiger partial charge in [-0.15, -0.1) is 0 Å². The standard InChI is InChI=1S/C29H32FN7O/c1-5-29(4,30)22-13-21(16-32-17-22)24-9-10-25-27(35-24)37(19(3)18(2)14-33-25)28(38)36-26-8-6-7-23(34-26)20-11-12-31-15-20/h6-10,12-13,15-19,33H,5,11,14H2,1-4H3,(H,34,36,38)/t18-,19-,29?/m1/s1. The number of carbonyl (C=O) groups is 1. The normalized spacial score (nSPS) is 20.1. The van der Waals surface area contributed by atoms with Gasteiger partial charge < -0.3 is 5.32 Å². The first-order valence-electron chi connectivity index (χ1n) is 12.9. The van der Waals surface area contributed by atoms with Gasteiger partial charge in [0.15, 0.2) is 5.82 Å². The van der Waals surface area contributed by atoms with Crippen LogP contribution in [0.25, 0.3) is 16.8 Å². The molecular weight excluding hydrogens is 481 g/mol. The number of halogens is 1. The first kappa shape index (κ1) is 25.5. The molecule has 9 heteroatoms. The van der Waals surface area contributed by atoms with Crippen LogP contribution in [0, 0.1) is 5.92 Å². The van der Waals surface area contributed by atoms with Crippen molar-refractivity contribution in [2.75, 3.05) is 22.1 Å². The van der Waals surface area contributed by atoms with E-state index in [1.807, 2.05) is 37.4 Å². The van der Waals surface area contributed by atoms with Gasteiger partial charge in [0.1, 0.15) is 11.5 Å². The Morgan fingerprint density at radius 2 is 2.03 bits per heavy atom. The monoisotopic (exact) mass is 513 g/mol. The third-order valence-electron chi connectivity index (χ3n) is 7.43. The zero-order valence-corrected chi connectivity index (χ0v) is 22.1. The first-order valence-corrected chi connectivity index (χ1v) is 12.9. The topological polar surface area (TPSA) is 95.4 Å². The number of anilines is 3. The van der Waals surface area contributed by atoms with Crippen molar-refractivity contribution in [3.05, 3.63) is 66.2 Å². The summed E-state index contributed by atoms with van der Waals surface area (Å²) >= 11 is 0. The number of allylic oxidation sites excluding steroid dienone is 1. The number of carbonyl (C=O) groups excluding carboxylic acids is 1. The number of rotatable bonds is 5. The molecule has 0 radical (unpaired) electrons. The molecule has 8 nitrogen and oxygen atoms in total. The lowest BCUT2D eigenvalue weighted by atomic mass is 9.95. The number of aromatic nitrogens is 3.